The van der Waals surface area contributed by atoms with E-state index in [1.54, 1.807) is 23.5 Å². The molecule has 2 aromatic carbocycles. The molecule has 158 valence electrons. The van der Waals surface area contributed by atoms with E-state index in [9.17, 15) is 9.18 Å². The van der Waals surface area contributed by atoms with E-state index in [1.807, 2.05) is 30.5 Å². The molecule has 0 aliphatic carbocycles. The zero-order chi connectivity index (χ0) is 21.7. The Balaban J connectivity index is 1.65. The molecule has 1 atom stereocenters. The monoisotopic (exact) mass is 436 g/mol. The number of aryl methyl sites for hydroxylation is 2. The Morgan fingerprint density at radius 3 is 2.71 bits per heavy atom. The van der Waals surface area contributed by atoms with Gasteiger partial charge in [-0.1, -0.05) is 12.1 Å². The van der Waals surface area contributed by atoms with Crippen LogP contribution in [-0.2, 0) is 6.42 Å². The molecule has 2 aromatic heterocycles. The first-order valence-corrected chi connectivity index (χ1v) is 10.9. The van der Waals surface area contributed by atoms with Crippen LogP contribution in [0.4, 0.5) is 16.0 Å². The predicted molar refractivity (Wildman–Crippen MR) is 120 cm³/mol. The molecule has 0 fully saturated rings. The van der Waals surface area contributed by atoms with Crippen molar-refractivity contribution in [3.8, 4) is 5.75 Å². The zero-order valence-electron chi connectivity index (χ0n) is 17.4. The van der Waals surface area contributed by atoms with Crippen molar-refractivity contribution in [2.75, 3.05) is 12.4 Å². The van der Waals surface area contributed by atoms with Gasteiger partial charge in [0.1, 0.15) is 5.82 Å². The predicted octanol–water partition coefficient (Wildman–Crippen LogP) is 4.90. The van der Waals surface area contributed by atoms with Crippen LogP contribution in [0.5, 0.6) is 5.75 Å². The van der Waals surface area contributed by atoms with Crippen molar-refractivity contribution >= 4 is 33.2 Å². The number of rotatable bonds is 4. The van der Waals surface area contributed by atoms with Crippen molar-refractivity contribution in [3.63, 3.8) is 0 Å². The molecular formula is C23H21FN4O2S. The number of halogens is 1. The van der Waals surface area contributed by atoms with Crippen LogP contribution >= 0.6 is 11.3 Å². The summed E-state index contributed by atoms with van der Waals surface area (Å²) in [6.07, 6.45) is 1.44. The van der Waals surface area contributed by atoms with Crippen LogP contribution in [0.25, 0.3) is 10.2 Å². The maximum atomic E-state index is 13.5. The summed E-state index contributed by atoms with van der Waals surface area (Å²) >= 11 is 1.62. The fourth-order valence-electron chi connectivity index (χ4n) is 4.28. The van der Waals surface area contributed by atoms with E-state index >= 15 is 0 Å². The Morgan fingerprint density at radius 2 is 1.97 bits per heavy atom. The van der Waals surface area contributed by atoms with Crippen LogP contribution < -0.4 is 15.6 Å². The third kappa shape index (κ3) is 3.37. The molecular weight excluding hydrogens is 415 g/mol. The van der Waals surface area contributed by atoms with Crippen molar-refractivity contribution < 1.29 is 9.13 Å². The zero-order valence-corrected chi connectivity index (χ0v) is 18.2. The normalized spacial score (nSPS) is 15.3. The van der Waals surface area contributed by atoms with Gasteiger partial charge in [-0.25, -0.2) is 9.37 Å². The number of ether oxygens (including phenoxy) is 1. The molecule has 1 N–H and O–H groups in total. The van der Waals surface area contributed by atoms with Crippen LogP contribution in [0.3, 0.4) is 0 Å². The van der Waals surface area contributed by atoms with Crippen LogP contribution in [0, 0.1) is 19.7 Å². The highest BCUT2D eigenvalue weighted by Crippen LogP contribution is 2.38. The van der Waals surface area contributed by atoms with Gasteiger partial charge in [-0.05, 0) is 62.1 Å². The lowest BCUT2D eigenvalue weighted by molar-refractivity contribution is 0.398. The number of benzene rings is 2. The van der Waals surface area contributed by atoms with E-state index in [-0.39, 0.29) is 17.6 Å². The third-order valence-electron chi connectivity index (χ3n) is 5.70. The SMILES string of the molecule is COc1c2n(c(Nc3cc4sc(C)nc4cc3C)nc1=O)C(c1ccc(F)cc1)CC2. The smallest absolute Gasteiger partial charge is 0.317 e. The van der Waals surface area contributed by atoms with Gasteiger partial charge in [-0.2, -0.15) is 4.98 Å². The van der Waals surface area contributed by atoms with Gasteiger partial charge in [-0.15, -0.1) is 11.3 Å². The highest BCUT2D eigenvalue weighted by molar-refractivity contribution is 7.18. The fraction of sp³-hybridized carbons (Fsp3) is 0.261. The Hall–Kier alpha value is -3.26. The number of methoxy groups -OCH3 is 1. The maximum Gasteiger partial charge on any atom is 0.317 e. The Labute approximate surface area is 182 Å². The van der Waals surface area contributed by atoms with Crippen LogP contribution in [0.15, 0.2) is 41.2 Å². The summed E-state index contributed by atoms with van der Waals surface area (Å²) in [6, 6.07) is 10.5. The largest absolute Gasteiger partial charge is 0.490 e. The average Bonchev–Trinajstić information content (AvgIpc) is 3.32. The molecule has 5 rings (SSSR count). The standard InChI is InChI=1S/C23H21FN4O2S/c1-12-10-17-20(31-13(2)25-17)11-16(12)26-23-27-22(29)21(30-3)19-9-8-18(28(19)23)14-4-6-15(24)7-5-14/h4-7,10-11,18H,8-9H2,1-3H3,(H,26,27,29). The second-order valence-electron chi connectivity index (χ2n) is 7.69. The van der Waals surface area contributed by atoms with E-state index in [0.717, 1.165) is 44.2 Å². The minimum Gasteiger partial charge on any atom is -0.490 e. The van der Waals surface area contributed by atoms with E-state index in [2.05, 4.69) is 15.3 Å². The molecule has 0 radical (unpaired) electrons. The third-order valence-corrected chi connectivity index (χ3v) is 6.63. The summed E-state index contributed by atoms with van der Waals surface area (Å²) in [4.78, 5) is 21.5. The van der Waals surface area contributed by atoms with E-state index in [1.165, 1.54) is 19.2 Å². The van der Waals surface area contributed by atoms with Crippen LogP contribution in [0.2, 0.25) is 0 Å². The molecule has 3 heterocycles. The molecule has 0 spiro atoms. The summed E-state index contributed by atoms with van der Waals surface area (Å²) < 4.78 is 22.0. The van der Waals surface area contributed by atoms with Gasteiger partial charge in [0.05, 0.1) is 34.1 Å². The highest BCUT2D eigenvalue weighted by Gasteiger charge is 2.30. The molecule has 1 aliphatic heterocycles. The number of nitrogens with zero attached hydrogens (tertiary/aromatic N) is 3. The summed E-state index contributed by atoms with van der Waals surface area (Å²) in [6.45, 7) is 3.98. The van der Waals surface area contributed by atoms with E-state index in [4.69, 9.17) is 4.74 Å². The highest BCUT2D eigenvalue weighted by atomic mass is 32.1. The number of aromatic nitrogens is 3. The molecule has 8 heteroatoms. The van der Waals surface area contributed by atoms with Gasteiger partial charge in [0.25, 0.3) is 0 Å². The van der Waals surface area contributed by atoms with Gasteiger partial charge in [0.2, 0.25) is 11.7 Å². The van der Waals surface area contributed by atoms with E-state index < -0.39 is 5.56 Å². The first-order chi connectivity index (χ1) is 14.9. The fourth-order valence-corrected chi connectivity index (χ4v) is 5.12. The van der Waals surface area contributed by atoms with Crippen LogP contribution in [-0.4, -0.2) is 21.6 Å². The number of anilines is 2. The van der Waals surface area contributed by atoms with Gasteiger partial charge < -0.3 is 14.6 Å². The summed E-state index contributed by atoms with van der Waals surface area (Å²) in [7, 11) is 1.49. The molecule has 1 unspecified atom stereocenters. The number of hydrogen-bond donors (Lipinski definition) is 1. The van der Waals surface area contributed by atoms with Crippen LogP contribution in [0.1, 0.15) is 34.3 Å². The van der Waals surface area contributed by atoms with Gasteiger partial charge >= 0.3 is 5.56 Å². The van der Waals surface area contributed by atoms with Crippen molar-refractivity contribution in [3.05, 3.63) is 74.4 Å². The second kappa shape index (κ2) is 7.46. The lowest BCUT2D eigenvalue weighted by Gasteiger charge is -2.22. The van der Waals surface area contributed by atoms with Gasteiger partial charge in [0.15, 0.2) is 0 Å². The molecule has 0 saturated carbocycles. The number of nitrogens with one attached hydrogen (secondary N) is 1. The average molecular weight is 437 g/mol. The second-order valence-corrected chi connectivity index (χ2v) is 8.92. The Kier molecular flexibility index (Phi) is 4.74. The summed E-state index contributed by atoms with van der Waals surface area (Å²) in [5, 5.41) is 4.38. The molecule has 0 saturated heterocycles. The molecule has 0 amide bonds. The molecule has 1 aliphatic rings. The lowest BCUT2D eigenvalue weighted by atomic mass is 10.0. The van der Waals surface area contributed by atoms with Crippen molar-refractivity contribution in [2.24, 2.45) is 0 Å². The quantitative estimate of drug-likeness (QED) is 0.493. The van der Waals surface area contributed by atoms with E-state index in [0.29, 0.717) is 12.4 Å². The van der Waals surface area contributed by atoms with Crippen molar-refractivity contribution in [2.45, 2.75) is 32.7 Å². The molecule has 4 aromatic rings. The summed E-state index contributed by atoms with van der Waals surface area (Å²) in [5.74, 6) is 0.441. The molecule has 31 heavy (non-hydrogen) atoms. The number of thiazole rings is 1. The number of fused-ring (bicyclic) bond motifs is 2. The minimum atomic E-state index is -0.400. The summed E-state index contributed by atoms with van der Waals surface area (Å²) in [5.41, 5.74) is 4.19. The topological polar surface area (TPSA) is 69.0 Å². The minimum absolute atomic E-state index is 0.0743. The maximum absolute atomic E-state index is 13.5. The number of hydrogen-bond acceptors (Lipinski definition) is 6. The van der Waals surface area contributed by atoms with Gasteiger partial charge in [-0.3, -0.25) is 4.79 Å². The first kappa shape index (κ1) is 19.7. The first-order valence-electron chi connectivity index (χ1n) is 10.0. The molecule has 6 nitrogen and oxygen atoms in total. The van der Waals surface area contributed by atoms with Crippen molar-refractivity contribution in [1.29, 1.82) is 0 Å². The van der Waals surface area contributed by atoms with Crippen molar-refractivity contribution in [1.82, 2.24) is 14.5 Å². The van der Waals surface area contributed by atoms with Gasteiger partial charge in [0, 0.05) is 5.69 Å². The Bertz CT molecular complexity index is 1360. The lowest BCUT2D eigenvalue weighted by Crippen LogP contribution is -2.22. The molecule has 0 bridgehead atoms. The Morgan fingerprint density at radius 1 is 1.19 bits per heavy atom.